The van der Waals surface area contributed by atoms with Gasteiger partial charge >= 0.3 is 0 Å². The Labute approximate surface area is 205 Å². The van der Waals surface area contributed by atoms with Gasteiger partial charge in [-0.2, -0.15) is 0 Å². The minimum atomic E-state index is 0.823. The third kappa shape index (κ3) is 2.70. The molecular weight excluding hydrogens is 444 g/mol. The van der Waals surface area contributed by atoms with Crippen molar-refractivity contribution in [1.82, 2.24) is 9.97 Å². The third-order valence-corrected chi connectivity index (χ3v) is 6.89. The Morgan fingerprint density at radius 3 is 1.31 bits per heavy atom. The van der Waals surface area contributed by atoms with Gasteiger partial charge < -0.3 is 8.83 Å². The lowest BCUT2D eigenvalue weighted by atomic mass is 9.96. The van der Waals surface area contributed by atoms with Gasteiger partial charge in [-0.1, -0.05) is 72.8 Å². The molecular formula is C32H18N2O2. The van der Waals surface area contributed by atoms with Crippen LogP contribution in [0.2, 0.25) is 0 Å². The van der Waals surface area contributed by atoms with Crippen LogP contribution in [0.25, 0.3) is 77.4 Å². The number of fused-ring (bicyclic) bond motifs is 7. The molecule has 4 heteroatoms. The van der Waals surface area contributed by atoms with Gasteiger partial charge in [-0.05, 0) is 36.4 Å². The summed E-state index contributed by atoms with van der Waals surface area (Å²) in [6.45, 7) is 0. The van der Waals surface area contributed by atoms with Gasteiger partial charge in [-0.3, -0.25) is 0 Å². The molecule has 8 rings (SSSR count). The molecule has 0 aliphatic heterocycles. The summed E-state index contributed by atoms with van der Waals surface area (Å²) in [6, 6.07) is 36.6. The van der Waals surface area contributed by atoms with Gasteiger partial charge in [-0.25, -0.2) is 9.97 Å². The van der Waals surface area contributed by atoms with Crippen molar-refractivity contribution in [2.24, 2.45) is 0 Å². The van der Waals surface area contributed by atoms with Gasteiger partial charge in [0.2, 0.25) is 0 Å². The van der Waals surface area contributed by atoms with Gasteiger partial charge in [0, 0.05) is 32.7 Å². The van der Waals surface area contributed by atoms with E-state index in [1.165, 1.54) is 0 Å². The van der Waals surface area contributed by atoms with Crippen LogP contribution in [0, 0.1) is 0 Å². The SMILES string of the molecule is c1ccc2nc(-c3cccc4oc5ccccc5c34)c(-c3cccc4oc5ccccc5c34)nc2c1. The lowest BCUT2D eigenvalue weighted by Gasteiger charge is -2.12. The molecule has 5 aromatic carbocycles. The average molecular weight is 463 g/mol. The van der Waals surface area contributed by atoms with Crippen LogP contribution < -0.4 is 0 Å². The van der Waals surface area contributed by atoms with E-state index in [1.54, 1.807) is 0 Å². The van der Waals surface area contributed by atoms with Crippen molar-refractivity contribution in [3.05, 3.63) is 109 Å². The van der Waals surface area contributed by atoms with Crippen molar-refractivity contribution >= 4 is 54.9 Å². The Bertz CT molecular complexity index is 1960. The number of aromatic nitrogens is 2. The fourth-order valence-electron chi connectivity index (χ4n) is 5.32. The first-order valence-corrected chi connectivity index (χ1v) is 11.9. The number of nitrogens with zero attached hydrogens (tertiary/aromatic N) is 2. The highest BCUT2D eigenvalue weighted by molar-refractivity contribution is 6.16. The van der Waals surface area contributed by atoms with Crippen LogP contribution in [0.15, 0.2) is 118 Å². The van der Waals surface area contributed by atoms with Crippen LogP contribution in [-0.2, 0) is 0 Å². The summed E-state index contributed by atoms with van der Waals surface area (Å²) >= 11 is 0. The summed E-state index contributed by atoms with van der Waals surface area (Å²) < 4.78 is 12.4. The summed E-state index contributed by atoms with van der Waals surface area (Å²) in [5.74, 6) is 0. The van der Waals surface area contributed by atoms with Crippen LogP contribution in [-0.4, -0.2) is 9.97 Å². The molecule has 0 atom stereocenters. The lowest BCUT2D eigenvalue weighted by molar-refractivity contribution is 0.668. The highest BCUT2D eigenvalue weighted by atomic mass is 16.3. The molecule has 3 aromatic heterocycles. The van der Waals surface area contributed by atoms with Gasteiger partial charge in [0.25, 0.3) is 0 Å². The summed E-state index contributed by atoms with van der Waals surface area (Å²) in [5, 5.41) is 4.22. The van der Waals surface area contributed by atoms with Crippen LogP contribution in [0.4, 0.5) is 0 Å². The van der Waals surface area contributed by atoms with Crippen LogP contribution in [0.5, 0.6) is 0 Å². The van der Waals surface area contributed by atoms with E-state index in [2.05, 4.69) is 24.3 Å². The zero-order valence-corrected chi connectivity index (χ0v) is 19.1. The second kappa shape index (κ2) is 7.27. The second-order valence-electron chi connectivity index (χ2n) is 8.96. The molecule has 4 nitrogen and oxygen atoms in total. The van der Waals surface area contributed by atoms with Crippen molar-refractivity contribution < 1.29 is 8.83 Å². The van der Waals surface area contributed by atoms with Crippen LogP contribution in [0.1, 0.15) is 0 Å². The van der Waals surface area contributed by atoms with Gasteiger partial charge in [-0.15, -0.1) is 0 Å². The molecule has 0 amide bonds. The topological polar surface area (TPSA) is 52.1 Å². The van der Waals surface area contributed by atoms with Crippen molar-refractivity contribution in [1.29, 1.82) is 0 Å². The van der Waals surface area contributed by atoms with E-state index < -0.39 is 0 Å². The Morgan fingerprint density at radius 1 is 0.389 bits per heavy atom. The molecule has 0 unspecified atom stereocenters. The fourth-order valence-corrected chi connectivity index (χ4v) is 5.32. The van der Waals surface area contributed by atoms with Crippen molar-refractivity contribution in [2.75, 3.05) is 0 Å². The van der Waals surface area contributed by atoms with Crippen LogP contribution in [0.3, 0.4) is 0 Å². The van der Waals surface area contributed by atoms with Crippen molar-refractivity contribution in [2.45, 2.75) is 0 Å². The zero-order valence-electron chi connectivity index (χ0n) is 19.1. The number of furan rings is 2. The van der Waals surface area contributed by atoms with E-state index in [9.17, 15) is 0 Å². The van der Waals surface area contributed by atoms with E-state index in [-0.39, 0.29) is 0 Å². The Kier molecular flexibility index (Phi) is 3.91. The molecule has 3 heterocycles. The fraction of sp³-hybridized carbons (Fsp3) is 0. The average Bonchev–Trinajstić information content (AvgIpc) is 3.51. The maximum Gasteiger partial charge on any atom is 0.136 e. The second-order valence-corrected chi connectivity index (χ2v) is 8.96. The van der Waals surface area contributed by atoms with E-state index in [1.807, 2.05) is 84.9 Å². The van der Waals surface area contributed by atoms with E-state index in [0.717, 1.165) is 77.4 Å². The molecule has 0 N–H and O–H groups in total. The molecule has 168 valence electrons. The molecule has 0 fully saturated rings. The predicted molar refractivity (Wildman–Crippen MR) is 145 cm³/mol. The Hall–Kier alpha value is -4.96. The molecule has 0 saturated heterocycles. The number of benzene rings is 5. The first-order valence-electron chi connectivity index (χ1n) is 11.9. The Balaban J connectivity index is 1.54. The Morgan fingerprint density at radius 2 is 0.806 bits per heavy atom. The maximum atomic E-state index is 6.20. The van der Waals surface area contributed by atoms with Crippen LogP contribution >= 0.6 is 0 Å². The lowest BCUT2D eigenvalue weighted by Crippen LogP contribution is -1.96. The molecule has 0 aliphatic carbocycles. The van der Waals surface area contributed by atoms with Gasteiger partial charge in [0.05, 0.1) is 22.4 Å². The molecule has 36 heavy (non-hydrogen) atoms. The summed E-state index contributed by atoms with van der Waals surface area (Å²) in [7, 11) is 0. The highest BCUT2D eigenvalue weighted by Crippen LogP contribution is 2.42. The van der Waals surface area contributed by atoms with Gasteiger partial charge in [0.15, 0.2) is 0 Å². The normalized spacial score (nSPS) is 11.9. The molecule has 8 aromatic rings. The number of hydrogen-bond donors (Lipinski definition) is 0. The van der Waals surface area contributed by atoms with E-state index >= 15 is 0 Å². The predicted octanol–water partition coefficient (Wildman–Crippen LogP) is 8.76. The van der Waals surface area contributed by atoms with E-state index in [4.69, 9.17) is 18.8 Å². The van der Waals surface area contributed by atoms with Gasteiger partial charge in [0.1, 0.15) is 22.3 Å². The summed E-state index contributed by atoms with van der Waals surface area (Å²) in [6.07, 6.45) is 0. The monoisotopic (exact) mass is 462 g/mol. The number of para-hydroxylation sites is 4. The summed E-state index contributed by atoms with van der Waals surface area (Å²) in [5.41, 5.74) is 8.73. The molecule has 0 bridgehead atoms. The third-order valence-electron chi connectivity index (χ3n) is 6.89. The maximum absolute atomic E-state index is 6.20. The summed E-state index contributed by atoms with van der Waals surface area (Å²) in [4.78, 5) is 10.4. The van der Waals surface area contributed by atoms with Crippen molar-refractivity contribution in [3.8, 4) is 22.5 Å². The minimum Gasteiger partial charge on any atom is -0.456 e. The van der Waals surface area contributed by atoms with Crippen molar-refractivity contribution in [3.63, 3.8) is 0 Å². The first kappa shape index (κ1) is 19.4. The molecule has 0 radical (unpaired) electrons. The quantitative estimate of drug-likeness (QED) is 0.258. The standard InChI is InChI=1S/C32H18N2O2/c1-5-15-25-19(9-1)29-21(11-7-17-27(29)35-25)31-32(34-24-14-4-3-13-23(24)33-31)22-12-8-18-28-30(22)20-10-2-6-16-26(20)36-28/h1-18H. The minimum absolute atomic E-state index is 0.823. The molecule has 0 aliphatic rings. The molecule has 0 spiro atoms. The first-order chi connectivity index (χ1) is 17.8. The number of rotatable bonds is 2. The largest absolute Gasteiger partial charge is 0.456 e. The zero-order chi connectivity index (χ0) is 23.6. The smallest absolute Gasteiger partial charge is 0.136 e. The van der Waals surface area contributed by atoms with E-state index in [0.29, 0.717) is 0 Å². The highest BCUT2D eigenvalue weighted by Gasteiger charge is 2.21. The number of hydrogen-bond acceptors (Lipinski definition) is 4. The molecule has 0 saturated carbocycles.